The number of benzene rings is 1. The Bertz CT molecular complexity index is 375. The van der Waals surface area contributed by atoms with Gasteiger partial charge < -0.3 is 9.47 Å². The molecule has 80 valence electrons. The fourth-order valence-corrected chi connectivity index (χ4v) is 2.82. The van der Waals surface area contributed by atoms with Gasteiger partial charge in [-0.3, -0.25) is 0 Å². The van der Waals surface area contributed by atoms with Gasteiger partial charge in [-0.05, 0) is 31.4 Å². The van der Waals surface area contributed by atoms with Crippen molar-refractivity contribution in [1.82, 2.24) is 0 Å². The third-order valence-electron chi connectivity index (χ3n) is 3.55. The largest absolute Gasteiger partial charge is 0.350 e. The van der Waals surface area contributed by atoms with Crippen molar-refractivity contribution in [3.63, 3.8) is 0 Å². The molecule has 1 aromatic rings. The third-order valence-corrected chi connectivity index (χ3v) is 3.55. The highest BCUT2D eigenvalue weighted by atomic mass is 16.7. The van der Waals surface area contributed by atoms with Gasteiger partial charge in [-0.15, -0.1) is 0 Å². The molecule has 0 aromatic heterocycles. The topological polar surface area (TPSA) is 18.5 Å². The molecule has 1 aliphatic carbocycles. The van der Waals surface area contributed by atoms with Gasteiger partial charge in [0.15, 0.2) is 6.29 Å². The molecule has 15 heavy (non-hydrogen) atoms. The summed E-state index contributed by atoms with van der Waals surface area (Å²) in [5.41, 5.74) is 2.79. The quantitative estimate of drug-likeness (QED) is 0.647. The number of rotatable bonds is 0. The third kappa shape index (κ3) is 1.40. The second kappa shape index (κ2) is 3.32. The van der Waals surface area contributed by atoms with Gasteiger partial charge in [-0.25, -0.2) is 0 Å². The van der Waals surface area contributed by atoms with E-state index in [9.17, 15) is 0 Å². The van der Waals surface area contributed by atoms with Crippen molar-refractivity contribution in [3.05, 3.63) is 35.4 Å². The number of ether oxygens (including phenoxy) is 2. The van der Waals surface area contributed by atoms with Gasteiger partial charge in [0.2, 0.25) is 0 Å². The van der Waals surface area contributed by atoms with Crippen LogP contribution in [0.25, 0.3) is 0 Å². The fourth-order valence-electron chi connectivity index (χ4n) is 2.82. The summed E-state index contributed by atoms with van der Waals surface area (Å²) in [5, 5.41) is 0. The van der Waals surface area contributed by atoms with Crippen LogP contribution in [0.15, 0.2) is 24.3 Å². The summed E-state index contributed by atoms with van der Waals surface area (Å²) in [7, 11) is 0. The summed E-state index contributed by atoms with van der Waals surface area (Å²) < 4.78 is 11.6. The molecule has 0 radical (unpaired) electrons. The molecule has 0 N–H and O–H groups in total. The van der Waals surface area contributed by atoms with Crippen molar-refractivity contribution in [2.45, 2.75) is 38.8 Å². The van der Waals surface area contributed by atoms with Crippen LogP contribution >= 0.6 is 0 Å². The molecule has 1 aromatic carbocycles. The first-order valence-corrected chi connectivity index (χ1v) is 5.64. The van der Waals surface area contributed by atoms with Crippen LogP contribution in [0.3, 0.4) is 0 Å². The minimum absolute atomic E-state index is 0.0765. The zero-order valence-corrected chi connectivity index (χ0v) is 9.14. The zero-order valence-electron chi connectivity index (χ0n) is 9.14. The summed E-state index contributed by atoms with van der Waals surface area (Å²) in [6.07, 6.45) is 1.56. The standard InChI is InChI=1S/C13H16O2/c1-8-12-7-10-5-3-4-6-11(10)13(12)15-9(2)14-8/h3-6,8-9,12-13H,7H2,1-2H3. The Morgan fingerprint density at radius 3 is 2.80 bits per heavy atom. The molecule has 1 aliphatic heterocycles. The van der Waals surface area contributed by atoms with Gasteiger partial charge in [-0.1, -0.05) is 24.3 Å². The van der Waals surface area contributed by atoms with E-state index in [1.54, 1.807) is 0 Å². The molecule has 0 bridgehead atoms. The first kappa shape index (κ1) is 9.37. The highest BCUT2D eigenvalue weighted by molar-refractivity contribution is 5.35. The monoisotopic (exact) mass is 204 g/mol. The SMILES string of the molecule is CC1OC(C)C2Cc3ccccc3C2O1. The molecule has 2 aliphatic rings. The van der Waals surface area contributed by atoms with Crippen molar-refractivity contribution in [2.24, 2.45) is 5.92 Å². The maximum atomic E-state index is 5.88. The van der Waals surface area contributed by atoms with Gasteiger partial charge >= 0.3 is 0 Å². The summed E-state index contributed by atoms with van der Waals surface area (Å²) >= 11 is 0. The summed E-state index contributed by atoms with van der Waals surface area (Å²) in [4.78, 5) is 0. The van der Waals surface area contributed by atoms with E-state index >= 15 is 0 Å². The van der Waals surface area contributed by atoms with Crippen LogP contribution in [-0.4, -0.2) is 12.4 Å². The van der Waals surface area contributed by atoms with Crippen LogP contribution in [0.4, 0.5) is 0 Å². The molecule has 1 saturated heterocycles. The zero-order chi connectivity index (χ0) is 10.4. The lowest BCUT2D eigenvalue weighted by atomic mass is 9.96. The van der Waals surface area contributed by atoms with E-state index in [0.29, 0.717) is 12.0 Å². The van der Waals surface area contributed by atoms with Crippen LogP contribution in [-0.2, 0) is 15.9 Å². The Hall–Kier alpha value is -0.860. The van der Waals surface area contributed by atoms with Gasteiger partial charge in [0.25, 0.3) is 0 Å². The van der Waals surface area contributed by atoms with Gasteiger partial charge in [-0.2, -0.15) is 0 Å². The first-order chi connectivity index (χ1) is 7.25. The van der Waals surface area contributed by atoms with E-state index in [4.69, 9.17) is 9.47 Å². The van der Waals surface area contributed by atoms with E-state index in [-0.39, 0.29) is 12.4 Å². The Kier molecular flexibility index (Phi) is 2.08. The normalized spacial score (nSPS) is 38.5. The molecule has 4 atom stereocenters. The maximum absolute atomic E-state index is 5.88. The van der Waals surface area contributed by atoms with E-state index in [0.717, 1.165) is 6.42 Å². The lowest BCUT2D eigenvalue weighted by molar-refractivity contribution is -0.254. The van der Waals surface area contributed by atoms with Gasteiger partial charge in [0.1, 0.15) is 0 Å². The Balaban J connectivity index is 1.98. The molecule has 0 saturated carbocycles. The molecule has 1 heterocycles. The second-order valence-electron chi connectivity index (χ2n) is 4.53. The Morgan fingerprint density at radius 2 is 1.93 bits per heavy atom. The van der Waals surface area contributed by atoms with E-state index in [2.05, 4.69) is 31.2 Å². The lowest BCUT2D eigenvalue weighted by Gasteiger charge is -2.36. The molecule has 0 amide bonds. The molecule has 2 nitrogen and oxygen atoms in total. The van der Waals surface area contributed by atoms with Gasteiger partial charge in [0, 0.05) is 5.92 Å². The number of hydrogen-bond acceptors (Lipinski definition) is 2. The molecule has 0 spiro atoms. The van der Waals surface area contributed by atoms with Crippen molar-refractivity contribution in [2.75, 3.05) is 0 Å². The minimum atomic E-state index is -0.0765. The molecule has 2 heteroatoms. The predicted octanol–water partition coefficient (Wildman–Crippen LogP) is 2.68. The Morgan fingerprint density at radius 1 is 1.13 bits per heavy atom. The van der Waals surface area contributed by atoms with Crippen LogP contribution in [0.1, 0.15) is 31.1 Å². The average molecular weight is 204 g/mol. The maximum Gasteiger partial charge on any atom is 0.156 e. The van der Waals surface area contributed by atoms with Crippen molar-refractivity contribution in [3.8, 4) is 0 Å². The highest BCUT2D eigenvalue weighted by Crippen LogP contribution is 2.44. The highest BCUT2D eigenvalue weighted by Gasteiger charge is 2.41. The van der Waals surface area contributed by atoms with Crippen LogP contribution in [0, 0.1) is 5.92 Å². The van der Waals surface area contributed by atoms with E-state index in [1.165, 1.54) is 11.1 Å². The van der Waals surface area contributed by atoms with Crippen LogP contribution in [0.2, 0.25) is 0 Å². The molecule has 1 fully saturated rings. The van der Waals surface area contributed by atoms with E-state index in [1.807, 2.05) is 6.92 Å². The minimum Gasteiger partial charge on any atom is -0.350 e. The lowest BCUT2D eigenvalue weighted by Crippen LogP contribution is -2.37. The van der Waals surface area contributed by atoms with Gasteiger partial charge in [0.05, 0.1) is 12.2 Å². The summed E-state index contributed by atoms with van der Waals surface area (Å²) in [5.74, 6) is 0.499. The van der Waals surface area contributed by atoms with Crippen molar-refractivity contribution < 1.29 is 9.47 Å². The average Bonchev–Trinajstić information content (AvgIpc) is 2.57. The van der Waals surface area contributed by atoms with Crippen molar-refractivity contribution in [1.29, 1.82) is 0 Å². The fraction of sp³-hybridized carbons (Fsp3) is 0.538. The molecular formula is C13H16O2. The van der Waals surface area contributed by atoms with Crippen LogP contribution in [0.5, 0.6) is 0 Å². The smallest absolute Gasteiger partial charge is 0.156 e. The Labute approximate surface area is 90.2 Å². The van der Waals surface area contributed by atoms with Crippen LogP contribution < -0.4 is 0 Å². The summed E-state index contributed by atoms with van der Waals surface area (Å²) in [6, 6.07) is 8.58. The number of hydrogen-bond donors (Lipinski definition) is 0. The van der Waals surface area contributed by atoms with E-state index < -0.39 is 0 Å². The predicted molar refractivity (Wildman–Crippen MR) is 57.5 cm³/mol. The molecule has 4 unspecified atom stereocenters. The summed E-state index contributed by atoms with van der Waals surface area (Å²) in [6.45, 7) is 4.14. The second-order valence-corrected chi connectivity index (χ2v) is 4.53. The van der Waals surface area contributed by atoms with Crippen molar-refractivity contribution >= 4 is 0 Å². The first-order valence-electron chi connectivity index (χ1n) is 5.64. The molecular weight excluding hydrogens is 188 g/mol. The number of fused-ring (bicyclic) bond motifs is 3. The molecule has 3 rings (SSSR count).